The number of rotatable bonds is 2. The van der Waals surface area contributed by atoms with Crippen LogP contribution in [0.2, 0.25) is 0 Å². The van der Waals surface area contributed by atoms with Crippen LogP contribution in [0.3, 0.4) is 0 Å². The van der Waals surface area contributed by atoms with E-state index in [2.05, 4.69) is 19.2 Å². The third-order valence-electron chi connectivity index (χ3n) is 0.529. The van der Waals surface area contributed by atoms with Crippen LogP contribution in [0.15, 0.2) is 12.2 Å². The molecule has 0 saturated heterocycles. The van der Waals surface area contributed by atoms with Crippen LogP contribution in [0.5, 0.6) is 0 Å². The lowest BCUT2D eigenvalue weighted by molar-refractivity contribution is 1.13. The predicted molar refractivity (Wildman–Crippen MR) is 31.9 cm³/mol. The average Bonchev–Trinajstić information content (AvgIpc) is 1.35. The molecule has 1 heteroatoms. The Morgan fingerprint density at radius 3 is 2.33 bits per heavy atom. The fraction of sp³-hybridized carbons (Fsp3) is 0.600. The molecule has 0 aromatic rings. The first-order valence-electron chi connectivity index (χ1n) is 2.00. The van der Waals surface area contributed by atoms with Crippen molar-refractivity contribution >= 4 is 12.6 Å². The van der Waals surface area contributed by atoms with Crippen LogP contribution in [0.25, 0.3) is 0 Å². The topological polar surface area (TPSA) is 0 Å². The smallest absolute Gasteiger partial charge is 0.00740 e. The normalized spacial score (nSPS) is 8.33. The molecule has 0 N–H and O–H groups in total. The van der Waals surface area contributed by atoms with E-state index in [1.165, 1.54) is 5.57 Å². The standard InChI is InChI=1S/C5H9S/c1-5(2)3-4-6/h1,3-4H2,2H3. The van der Waals surface area contributed by atoms with Crippen molar-refractivity contribution in [1.82, 2.24) is 0 Å². The lowest BCUT2D eigenvalue weighted by Crippen LogP contribution is -1.71. The minimum atomic E-state index is 0.815. The highest BCUT2D eigenvalue weighted by Crippen LogP contribution is 1.94. The summed E-state index contributed by atoms with van der Waals surface area (Å²) in [6, 6.07) is 0. The molecule has 35 valence electrons. The molecule has 0 nitrogen and oxygen atoms in total. The molecule has 0 aromatic heterocycles. The lowest BCUT2D eigenvalue weighted by Gasteiger charge is -1.86. The molecule has 6 heavy (non-hydrogen) atoms. The molecule has 0 aliphatic heterocycles. The van der Waals surface area contributed by atoms with E-state index in [9.17, 15) is 0 Å². The van der Waals surface area contributed by atoms with Gasteiger partial charge < -0.3 is 0 Å². The summed E-state index contributed by atoms with van der Waals surface area (Å²) in [7, 11) is 0. The Bertz CT molecular complexity index is 47.9. The molecule has 0 aliphatic rings. The first-order chi connectivity index (χ1) is 2.77. The number of hydrogen-bond acceptors (Lipinski definition) is 0. The summed E-state index contributed by atoms with van der Waals surface area (Å²) in [6.45, 7) is 5.67. The molecular formula is C5H9S. The van der Waals surface area contributed by atoms with Crippen LogP contribution < -0.4 is 0 Å². The molecule has 0 unspecified atom stereocenters. The predicted octanol–water partition coefficient (Wildman–Crippen LogP) is 2.15. The van der Waals surface area contributed by atoms with E-state index in [4.69, 9.17) is 0 Å². The fourth-order valence-electron chi connectivity index (χ4n) is 0.174. The first kappa shape index (κ1) is 6.09. The molecule has 0 bridgehead atoms. The number of hydrogen-bond donors (Lipinski definition) is 0. The van der Waals surface area contributed by atoms with Gasteiger partial charge in [-0.2, -0.15) is 0 Å². The van der Waals surface area contributed by atoms with Crippen LogP contribution >= 0.6 is 12.6 Å². The van der Waals surface area contributed by atoms with Crippen molar-refractivity contribution in [2.24, 2.45) is 0 Å². The van der Waals surface area contributed by atoms with Gasteiger partial charge >= 0.3 is 0 Å². The van der Waals surface area contributed by atoms with Gasteiger partial charge in [-0.05, 0) is 13.3 Å². The van der Waals surface area contributed by atoms with E-state index in [1.807, 2.05) is 6.92 Å². The monoisotopic (exact) mass is 101 g/mol. The van der Waals surface area contributed by atoms with E-state index in [-0.39, 0.29) is 0 Å². The van der Waals surface area contributed by atoms with Crippen LogP contribution in [-0.4, -0.2) is 5.75 Å². The molecule has 0 aliphatic carbocycles. The average molecular weight is 101 g/mol. The molecule has 1 radical (unpaired) electrons. The van der Waals surface area contributed by atoms with Crippen molar-refractivity contribution in [2.45, 2.75) is 13.3 Å². The number of allylic oxidation sites excluding steroid dienone is 1. The zero-order valence-electron chi connectivity index (χ0n) is 4.03. The van der Waals surface area contributed by atoms with Crippen molar-refractivity contribution in [3.63, 3.8) is 0 Å². The van der Waals surface area contributed by atoms with Gasteiger partial charge in [-0.15, -0.1) is 6.58 Å². The highest BCUT2D eigenvalue weighted by Gasteiger charge is 1.77. The lowest BCUT2D eigenvalue weighted by atomic mass is 10.3. The van der Waals surface area contributed by atoms with E-state index in [1.54, 1.807) is 0 Å². The fourth-order valence-corrected chi connectivity index (χ4v) is 0.523. The SMILES string of the molecule is C=C(C)CC[S]. The Labute approximate surface area is 44.7 Å². The Hall–Kier alpha value is 0.0900. The Morgan fingerprint density at radius 2 is 2.33 bits per heavy atom. The molecule has 0 spiro atoms. The van der Waals surface area contributed by atoms with E-state index < -0.39 is 0 Å². The maximum atomic E-state index is 4.67. The minimum Gasteiger partial charge on any atom is -0.100 e. The van der Waals surface area contributed by atoms with Gasteiger partial charge in [0.05, 0.1) is 0 Å². The Balaban J connectivity index is 2.83. The minimum absolute atomic E-state index is 0.815. The van der Waals surface area contributed by atoms with Crippen molar-refractivity contribution < 1.29 is 0 Å². The second-order valence-electron chi connectivity index (χ2n) is 1.41. The van der Waals surface area contributed by atoms with Crippen LogP contribution in [0.4, 0.5) is 0 Å². The van der Waals surface area contributed by atoms with Crippen LogP contribution in [-0.2, 0) is 0 Å². The van der Waals surface area contributed by atoms with Gasteiger partial charge in [-0.25, -0.2) is 0 Å². The van der Waals surface area contributed by atoms with Gasteiger partial charge in [0.1, 0.15) is 0 Å². The zero-order valence-corrected chi connectivity index (χ0v) is 4.85. The summed E-state index contributed by atoms with van der Waals surface area (Å²) < 4.78 is 0. The van der Waals surface area contributed by atoms with Gasteiger partial charge in [0, 0.05) is 5.75 Å². The molecule has 0 rings (SSSR count). The van der Waals surface area contributed by atoms with E-state index >= 15 is 0 Å². The van der Waals surface area contributed by atoms with Crippen LogP contribution in [0.1, 0.15) is 13.3 Å². The second-order valence-corrected chi connectivity index (χ2v) is 1.82. The largest absolute Gasteiger partial charge is 0.100 e. The van der Waals surface area contributed by atoms with Gasteiger partial charge in [-0.3, -0.25) is 0 Å². The summed E-state index contributed by atoms with van der Waals surface area (Å²) in [5, 5.41) is 0. The third-order valence-corrected chi connectivity index (χ3v) is 0.733. The van der Waals surface area contributed by atoms with Gasteiger partial charge in [0.25, 0.3) is 0 Å². The third kappa shape index (κ3) is 4.09. The summed E-state index contributed by atoms with van der Waals surface area (Å²) in [4.78, 5) is 0. The van der Waals surface area contributed by atoms with Crippen molar-refractivity contribution in [3.05, 3.63) is 12.2 Å². The van der Waals surface area contributed by atoms with E-state index in [0.29, 0.717) is 0 Å². The van der Waals surface area contributed by atoms with Gasteiger partial charge in [0.2, 0.25) is 0 Å². The molecule has 0 heterocycles. The molecule has 0 fully saturated rings. The second kappa shape index (κ2) is 3.29. The van der Waals surface area contributed by atoms with E-state index in [0.717, 1.165) is 12.2 Å². The maximum absolute atomic E-state index is 4.67. The van der Waals surface area contributed by atoms with Crippen molar-refractivity contribution in [2.75, 3.05) is 5.75 Å². The maximum Gasteiger partial charge on any atom is 0.00740 e. The Kier molecular flexibility index (Phi) is 3.34. The highest BCUT2D eigenvalue weighted by atomic mass is 32.1. The quantitative estimate of drug-likeness (QED) is 0.467. The first-order valence-corrected chi connectivity index (χ1v) is 2.57. The highest BCUT2D eigenvalue weighted by molar-refractivity contribution is 7.80. The van der Waals surface area contributed by atoms with Gasteiger partial charge in [-0.1, -0.05) is 18.2 Å². The van der Waals surface area contributed by atoms with Crippen molar-refractivity contribution in [1.29, 1.82) is 0 Å². The Morgan fingerprint density at radius 1 is 1.83 bits per heavy atom. The molecule has 0 saturated carbocycles. The summed E-state index contributed by atoms with van der Waals surface area (Å²) >= 11 is 4.67. The summed E-state index contributed by atoms with van der Waals surface area (Å²) in [5.41, 5.74) is 1.19. The zero-order chi connectivity index (χ0) is 4.99. The van der Waals surface area contributed by atoms with Crippen molar-refractivity contribution in [3.8, 4) is 0 Å². The molecule has 0 aromatic carbocycles. The van der Waals surface area contributed by atoms with Crippen LogP contribution in [0, 0.1) is 0 Å². The summed E-state index contributed by atoms with van der Waals surface area (Å²) in [6.07, 6.45) is 0.995. The summed E-state index contributed by atoms with van der Waals surface area (Å²) in [5.74, 6) is 0.815. The molecule has 0 atom stereocenters. The molecular weight excluding hydrogens is 92.1 g/mol. The molecule has 0 amide bonds. The van der Waals surface area contributed by atoms with Gasteiger partial charge in [0.15, 0.2) is 0 Å².